The summed E-state index contributed by atoms with van der Waals surface area (Å²) in [6, 6.07) is 103. The van der Waals surface area contributed by atoms with Crippen LogP contribution in [0.15, 0.2) is 290 Å². The Labute approximate surface area is 444 Å². The summed E-state index contributed by atoms with van der Waals surface area (Å²) in [7, 11) is 0. The summed E-state index contributed by atoms with van der Waals surface area (Å²) in [6.45, 7) is 4.30. The molecule has 0 radical (unpaired) electrons. The molecular weight excluding hydrogens is 923 g/mol. The number of fused-ring (bicyclic) bond motifs is 4. The second-order valence-corrected chi connectivity index (χ2v) is 19.6. The first kappa shape index (κ1) is 45.9. The zero-order chi connectivity index (χ0) is 51.0. The first-order chi connectivity index (χ1) is 37.5. The van der Waals surface area contributed by atoms with Crippen molar-refractivity contribution in [1.29, 1.82) is 0 Å². The minimum atomic E-state index is 0.887. The highest BCUT2D eigenvalue weighted by molar-refractivity contribution is 6.06. The van der Waals surface area contributed by atoms with Crippen LogP contribution in [-0.4, -0.2) is 0 Å². The van der Waals surface area contributed by atoms with Gasteiger partial charge in [0.2, 0.25) is 0 Å². The average molecular weight is 976 g/mol. The van der Waals surface area contributed by atoms with Gasteiger partial charge in [0, 0.05) is 44.9 Å². The predicted octanol–water partition coefficient (Wildman–Crippen LogP) is 20.8. The molecule has 362 valence electrons. The van der Waals surface area contributed by atoms with Gasteiger partial charge in [0.05, 0.1) is 17.1 Å². The van der Waals surface area contributed by atoms with Gasteiger partial charge in [-0.15, -0.1) is 0 Å². The van der Waals surface area contributed by atoms with E-state index in [2.05, 4.69) is 302 Å². The van der Waals surface area contributed by atoms with Crippen LogP contribution in [0.5, 0.6) is 0 Å². The SMILES string of the molecule is Cc1cccc(-c2ccc(N(c3ccccc3)c3cc(N(c4ccccc4)c4ccc(-c5cccc(C)c5)cc4)cc(N(c4ccc(-c5ccc6oc7ccccc7c6c5)cc4)c4ccc5ccccc5c4)c3)cc2)c1. The maximum atomic E-state index is 6.23. The Morgan fingerprint density at radius 2 is 0.618 bits per heavy atom. The molecule has 0 fully saturated rings. The van der Waals surface area contributed by atoms with Crippen molar-refractivity contribution >= 4 is 83.9 Å². The normalized spacial score (nSPS) is 11.3. The van der Waals surface area contributed by atoms with E-state index in [0.29, 0.717) is 0 Å². The number of rotatable bonds is 12. The molecule has 13 aromatic rings. The van der Waals surface area contributed by atoms with Crippen molar-refractivity contribution in [3.63, 3.8) is 0 Å². The molecule has 4 nitrogen and oxygen atoms in total. The number of furan rings is 1. The van der Waals surface area contributed by atoms with Gasteiger partial charge in [-0.05, 0) is 167 Å². The summed E-state index contributed by atoms with van der Waals surface area (Å²) in [5.41, 5.74) is 20.5. The van der Waals surface area contributed by atoms with Gasteiger partial charge in [0.25, 0.3) is 0 Å². The Kier molecular flexibility index (Phi) is 12.0. The Balaban J connectivity index is 1.02. The zero-order valence-corrected chi connectivity index (χ0v) is 42.4. The molecule has 0 N–H and O–H groups in total. The van der Waals surface area contributed by atoms with E-state index in [4.69, 9.17) is 4.42 Å². The number of hydrogen-bond donors (Lipinski definition) is 0. The minimum absolute atomic E-state index is 0.887. The number of aryl methyl sites for hydroxylation is 2. The lowest BCUT2D eigenvalue weighted by Crippen LogP contribution is -2.16. The van der Waals surface area contributed by atoms with Crippen molar-refractivity contribution in [3.8, 4) is 33.4 Å². The second kappa shape index (κ2) is 19.8. The van der Waals surface area contributed by atoms with E-state index < -0.39 is 0 Å². The fourth-order valence-corrected chi connectivity index (χ4v) is 10.7. The minimum Gasteiger partial charge on any atom is -0.456 e. The molecule has 4 heteroatoms. The molecule has 0 bridgehead atoms. The molecule has 12 aromatic carbocycles. The van der Waals surface area contributed by atoms with Crippen molar-refractivity contribution in [2.24, 2.45) is 0 Å². The van der Waals surface area contributed by atoms with Gasteiger partial charge in [-0.2, -0.15) is 0 Å². The van der Waals surface area contributed by atoms with E-state index in [1.54, 1.807) is 0 Å². The Hall–Kier alpha value is -9.90. The Bertz CT molecular complexity index is 4030. The highest BCUT2D eigenvalue weighted by atomic mass is 16.3. The van der Waals surface area contributed by atoms with Gasteiger partial charge < -0.3 is 19.1 Å². The van der Waals surface area contributed by atoms with Crippen LogP contribution in [0.4, 0.5) is 51.2 Å². The van der Waals surface area contributed by atoms with Gasteiger partial charge in [-0.3, -0.25) is 0 Å². The van der Waals surface area contributed by atoms with E-state index in [9.17, 15) is 0 Å². The van der Waals surface area contributed by atoms with E-state index in [1.165, 1.54) is 38.8 Å². The molecule has 0 amide bonds. The Morgan fingerprint density at radius 3 is 1.13 bits per heavy atom. The summed E-state index contributed by atoms with van der Waals surface area (Å²) in [5.74, 6) is 0. The van der Waals surface area contributed by atoms with Crippen molar-refractivity contribution in [2.45, 2.75) is 13.8 Å². The first-order valence-corrected chi connectivity index (χ1v) is 26.0. The molecule has 76 heavy (non-hydrogen) atoms. The van der Waals surface area contributed by atoms with Crippen LogP contribution in [0.2, 0.25) is 0 Å². The standard InChI is InChI=1S/C72H53N3O/c1-50-15-13-19-56(43-50)53-27-35-62(36-28-53)73(60-21-5-3-6-22-60)66-47-67(74(61-23-7-4-8-24-61)63-37-29-54(30-38-63)57-20-14-16-51(2)44-57)49-68(48-66)75(65-41-33-52-17-9-10-18-58(52)45-65)64-39-31-55(32-40-64)59-34-42-72-70(46-59)69-25-11-12-26-71(69)76-72/h3-49H,1-2H3. The fourth-order valence-electron chi connectivity index (χ4n) is 10.7. The monoisotopic (exact) mass is 975 g/mol. The molecule has 0 aliphatic rings. The summed E-state index contributed by atoms with van der Waals surface area (Å²) < 4.78 is 6.23. The maximum Gasteiger partial charge on any atom is 0.135 e. The van der Waals surface area contributed by atoms with E-state index in [1.807, 2.05) is 12.1 Å². The lowest BCUT2D eigenvalue weighted by Gasteiger charge is -2.33. The Morgan fingerprint density at radius 1 is 0.224 bits per heavy atom. The molecule has 0 aliphatic carbocycles. The molecule has 0 atom stereocenters. The second-order valence-electron chi connectivity index (χ2n) is 19.6. The van der Waals surface area contributed by atoms with Gasteiger partial charge in [0.15, 0.2) is 0 Å². The summed E-state index contributed by atoms with van der Waals surface area (Å²) in [5, 5.41) is 4.58. The van der Waals surface area contributed by atoms with E-state index in [-0.39, 0.29) is 0 Å². The molecular formula is C72H53N3O. The summed E-state index contributed by atoms with van der Waals surface area (Å²) in [6.07, 6.45) is 0. The number of hydrogen-bond acceptors (Lipinski definition) is 4. The topological polar surface area (TPSA) is 22.9 Å². The lowest BCUT2D eigenvalue weighted by molar-refractivity contribution is 0.669. The highest BCUT2D eigenvalue weighted by Gasteiger charge is 2.23. The molecule has 1 heterocycles. The number of benzene rings is 12. The van der Waals surface area contributed by atoms with Crippen molar-refractivity contribution in [2.75, 3.05) is 14.7 Å². The molecule has 0 aliphatic heterocycles. The largest absolute Gasteiger partial charge is 0.456 e. The van der Waals surface area contributed by atoms with Gasteiger partial charge in [-0.25, -0.2) is 0 Å². The van der Waals surface area contributed by atoms with E-state index >= 15 is 0 Å². The molecule has 0 spiro atoms. The van der Waals surface area contributed by atoms with Gasteiger partial charge in [-0.1, -0.05) is 187 Å². The van der Waals surface area contributed by atoms with Crippen molar-refractivity contribution in [3.05, 3.63) is 296 Å². The maximum absolute atomic E-state index is 6.23. The third-order valence-corrected chi connectivity index (χ3v) is 14.5. The van der Waals surface area contributed by atoms with Crippen LogP contribution in [-0.2, 0) is 0 Å². The number of para-hydroxylation sites is 3. The summed E-state index contributed by atoms with van der Waals surface area (Å²) >= 11 is 0. The fraction of sp³-hybridized carbons (Fsp3) is 0.0278. The van der Waals surface area contributed by atoms with Crippen LogP contribution in [0.25, 0.3) is 66.1 Å². The highest BCUT2D eigenvalue weighted by Crippen LogP contribution is 2.47. The van der Waals surface area contributed by atoms with Gasteiger partial charge in [0.1, 0.15) is 11.2 Å². The van der Waals surface area contributed by atoms with Crippen LogP contribution < -0.4 is 14.7 Å². The number of anilines is 9. The van der Waals surface area contributed by atoms with Crippen molar-refractivity contribution in [1.82, 2.24) is 0 Å². The van der Waals surface area contributed by atoms with Crippen molar-refractivity contribution < 1.29 is 4.42 Å². The predicted molar refractivity (Wildman–Crippen MR) is 321 cm³/mol. The lowest BCUT2D eigenvalue weighted by atomic mass is 10.0. The summed E-state index contributed by atoms with van der Waals surface area (Å²) in [4.78, 5) is 7.17. The zero-order valence-electron chi connectivity index (χ0n) is 42.4. The van der Waals surface area contributed by atoms with E-state index in [0.717, 1.165) is 89.6 Å². The van der Waals surface area contributed by atoms with Crippen LogP contribution in [0.3, 0.4) is 0 Å². The first-order valence-electron chi connectivity index (χ1n) is 26.0. The van der Waals surface area contributed by atoms with Crippen LogP contribution >= 0.6 is 0 Å². The molecule has 0 unspecified atom stereocenters. The van der Waals surface area contributed by atoms with Crippen LogP contribution in [0, 0.1) is 13.8 Å². The molecule has 13 rings (SSSR count). The average Bonchev–Trinajstić information content (AvgIpc) is 3.86. The smallest absolute Gasteiger partial charge is 0.135 e. The molecule has 0 saturated carbocycles. The van der Waals surface area contributed by atoms with Crippen LogP contribution in [0.1, 0.15) is 11.1 Å². The number of nitrogens with zero attached hydrogens (tertiary/aromatic N) is 3. The third-order valence-electron chi connectivity index (χ3n) is 14.5. The van der Waals surface area contributed by atoms with Gasteiger partial charge >= 0.3 is 0 Å². The third kappa shape index (κ3) is 9.03. The quantitative estimate of drug-likeness (QED) is 0.122. The molecule has 0 saturated heterocycles. The molecule has 1 aromatic heterocycles.